The molecule has 1 fully saturated rings. The van der Waals surface area contributed by atoms with Gasteiger partial charge < -0.3 is 38.3 Å². The number of aliphatic hydroxyl groups is 2. The molecule has 0 aromatic heterocycles. The van der Waals surface area contributed by atoms with E-state index in [1.54, 1.807) is 7.11 Å². The van der Waals surface area contributed by atoms with Gasteiger partial charge in [0.1, 0.15) is 5.75 Å². The van der Waals surface area contributed by atoms with E-state index in [1.165, 1.54) is 0 Å². The van der Waals surface area contributed by atoms with Gasteiger partial charge in [-0.15, -0.1) is 0 Å². The van der Waals surface area contributed by atoms with Gasteiger partial charge in [0.05, 0.1) is 56.3 Å². The number of carbonyl (C=O) groups excluding carboxylic acids is 1. The molecule has 10 heteroatoms. The van der Waals surface area contributed by atoms with Crippen LogP contribution in [-0.2, 0) is 34.8 Å². The van der Waals surface area contributed by atoms with E-state index in [1.807, 2.05) is 58.9 Å². The third-order valence-electron chi connectivity index (χ3n) is 9.93. The molecule has 1 saturated heterocycles. The molecule has 1 aliphatic heterocycles. The van der Waals surface area contributed by atoms with Crippen LogP contribution >= 0.6 is 0 Å². The molecule has 49 heavy (non-hydrogen) atoms. The molecule has 1 aromatic rings. The summed E-state index contributed by atoms with van der Waals surface area (Å²) >= 11 is 0. The molecule has 0 spiro atoms. The average molecular weight is 711 g/mol. The lowest BCUT2D eigenvalue weighted by Gasteiger charge is -2.36. The van der Waals surface area contributed by atoms with Crippen molar-refractivity contribution in [2.45, 2.75) is 175 Å². The van der Waals surface area contributed by atoms with Gasteiger partial charge in [-0.1, -0.05) is 59.1 Å². The monoisotopic (exact) mass is 710 g/mol. The van der Waals surface area contributed by atoms with Crippen molar-refractivity contribution in [3.05, 3.63) is 29.8 Å². The lowest BCUT2D eigenvalue weighted by Crippen LogP contribution is -2.41. The number of methoxy groups -OCH3 is 1. The molecule has 2 rings (SSSR count). The van der Waals surface area contributed by atoms with E-state index in [4.69, 9.17) is 28.1 Å². The first kappa shape index (κ1) is 43.6. The Hall–Kier alpha value is -1.53. The van der Waals surface area contributed by atoms with Crippen molar-refractivity contribution in [1.82, 2.24) is 0 Å². The number of unbranched alkanes of at least 4 members (excludes halogenated alkanes) is 3. The minimum Gasteiger partial charge on any atom is -0.497 e. The van der Waals surface area contributed by atoms with Gasteiger partial charge >= 0.3 is 5.97 Å². The highest BCUT2D eigenvalue weighted by Gasteiger charge is 2.45. The Morgan fingerprint density at radius 1 is 0.918 bits per heavy atom. The van der Waals surface area contributed by atoms with Crippen molar-refractivity contribution in [3.8, 4) is 5.75 Å². The summed E-state index contributed by atoms with van der Waals surface area (Å²) < 4.78 is 36.6. The van der Waals surface area contributed by atoms with E-state index >= 15 is 0 Å². The van der Waals surface area contributed by atoms with Gasteiger partial charge in [0.2, 0.25) is 0 Å². The summed E-state index contributed by atoms with van der Waals surface area (Å²) in [7, 11) is -0.262. The summed E-state index contributed by atoms with van der Waals surface area (Å²) in [5, 5.41) is 21.9. The molecule has 1 aromatic carbocycles. The second kappa shape index (κ2) is 19.3. The van der Waals surface area contributed by atoms with Crippen LogP contribution in [0.2, 0.25) is 18.1 Å². The van der Waals surface area contributed by atoms with Crippen molar-refractivity contribution in [3.63, 3.8) is 0 Å². The summed E-state index contributed by atoms with van der Waals surface area (Å²) in [6.45, 7) is 24.2. The average Bonchev–Trinajstić information content (AvgIpc) is 3.31. The molecule has 6 atom stereocenters. The lowest BCUT2D eigenvalue weighted by atomic mass is 9.89. The van der Waals surface area contributed by atoms with Gasteiger partial charge in [-0.05, 0) is 102 Å². The normalized spacial score (nSPS) is 20.9. The van der Waals surface area contributed by atoms with Crippen molar-refractivity contribution in [2.24, 2.45) is 11.3 Å². The Labute approximate surface area is 298 Å². The van der Waals surface area contributed by atoms with Crippen LogP contribution in [0.15, 0.2) is 24.3 Å². The maximum atomic E-state index is 11.9. The van der Waals surface area contributed by atoms with Gasteiger partial charge in [-0.3, -0.25) is 4.79 Å². The van der Waals surface area contributed by atoms with Gasteiger partial charge in [0, 0.05) is 13.0 Å². The standard InChI is InChI=1S/C39H70O9Si/c1-28(25-33(41)32(40)17-15-13-14-16-23-44-36(42)37(2,3)4)35-34(47-39(8,9)48-35)26-31(22-24-46-49(11,12)38(5,6)7)45-27-29-18-20-30(43-10)21-19-29/h18-21,28,31-35,40-41H,13-17,22-27H2,1-12H3/t28-,31-,32-,33-,34-,35+/m0/s1. The number of esters is 1. The quantitative estimate of drug-likeness (QED) is 0.0741. The molecule has 0 bridgehead atoms. The summed E-state index contributed by atoms with van der Waals surface area (Å²) in [6, 6.07) is 7.91. The minimum atomic E-state index is -1.92. The predicted octanol–water partition coefficient (Wildman–Crippen LogP) is 8.19. The largest absolute Gasteiger partial charge is 0.497 e. The summed E-state index contributed by atoms with van der Waals surface area (Å²) in [4.78, 5) is 11.9. The van der Waals surface area contributed by atoms with Crippen LogP contribution in [0.4, 0.5) is 0 Å². The van der Waals surface area contributed by atoms with Crippen LogP contribution < -0.4 is 4.74 Å². The highest BCUT2D eigenvalue weighted by molar-refractivity contribution is 6.74. The number of carbonyl (C=O) groups is 1. The molecule has 0 amide bonds. The smallest absolute Gasteiger partial charge is 0.311 e. The number of rotatable bonds is 21. The first-order valence-electron chi connectivity index (χ1n) is 18.4. The molecule has 0 aliphatic carbocycles. The van der Waals surface area contributed by atoms with E-state index in [0.29, 0.717) is 39.1 Å². The zero-order chi connectivity index (χ0) is 37.0. The Balaban J connectivity index is 1.96. The molecule has 1 heterocycles. The Morgan fingerprint density at radius 2 is 1.55 bits per heavy atom. The molecule has 284 valence electrons. The van der Waals surface area contributed by atoms with Gasteiger partial charge in [0.15, 0.2) is 14.1 Å². The van der Waals surface area contributed by atoms with Gasteiger partial charge in [0.25, 0.3) is 0 Å². The van der Waals surface area contributed by atoms with Crippen molar-refractivity contribution < 1.29 is 43.1 Å². The first-order valence-corrected chi connectivity index (χ1v) is 21.3. The van der Waals surface area contributed by atoms with Crippen LogP contribution in [0.3, 0.4) is 0 Å². The molecule has 2 N–H and O–H groups in total. The van der Waals surface area contributed by atoms with Crippen molar-refractivity contribution in [2.75, 3.05) is 20.3 Å². The lowest BCUT2D eigenvalue weighted by molar-refractivity contribution is -0.154. The van der Waals surface area contributed by atoms with Crippen LogP contribution in [0, 0.1) is 11.3 Å². The Kier molecular flexibility index (Phi) is 17.2. The predicted molar refractivity (Wildman–Crippen MR) is 197 cm³/mol. The molecule has 0 radical (unpaired) electrons. The fourth-order valence-electron chi connectivity index (χ4n) is 5.71. The van der Waals surface area contributed by atoms with Crippen molar-refractivity contribution in [1.29, 1.82) is 0 Å². The molecular weight excluding hydrogens is 641 g/mol. The first-order chi connectivity index (χ1) is 22.6. The van der Waals surface area contributed by atoms with E-state index in [2.05, 4.69) is 40.8 Å². The number of hydrogen-bond donors (Lipinski definition) is 2. The molecular formula is C39H70O9Si. The fourth-order valence-corrected chi connectivity index (χ4v) is 6.77. The van der Waals surface area contributed by atoms with Gasteiger partial charge in [-0.25, -0.2) is 0 Å². The number of ether oxygens (including phenoxy) is 5. The number of benzene rings is 1. The van der Waals surface area contributed by atoms with Crippen LogP contribution in [0.1, 0.15) is 119 Å². The highest BCUT2D eigenvalue weighted by atomic mass is 28.4. The molecule has 0 saturated carbocycles. The van der Waals surface area contributed by atoms with E-state index in [9.17, 15) is 15.0 Å². The highest BCUT2D eigenvalue weighted by Crippen LogP contribution is 2.38. The van der Waals surface area contributed by atoms with E-state index in [0.717, 1.165) is 43.4 Å². The fraction of sp³-hybridized carbons (Fsp3) is 0.821. The Bertz CT molecular complexity index is 1090. The van der Waals surface area contributed by atoms with Crippen LogP contribution in [-0.4, -0.2) is 81.1 Å². The third-order valence-corrected chi connectivity index (χ3v) is 14.5. The maximum Gasteiger partial charge on any atom is 0.311 e. The zero-order valence-corrected chi connectivity index (χ0v) is 33.8. The molecule has 0 unspecified atom stereocenters. The maximum absolute atomic E-state index is 11.9. The summed E-state index contributed by atoms with van der Waals surface area (Å²) in [5.41, 5.74) is 0.571. The third kappa shape index (κ3) is 15.3. The number of aliphatic hydroxyl groups excluding tert-OH is 2. The number of hydrogen-bond acceptors (Lipinski definition) is 9. The van der Waals surface area contributed by atoms with Crippen molar-refractivity contribution >= 4 is 14.3 Å². The Morgan fingerprint density at radius 3 is 2.14 bits per heavy atom. The van der Waals surface area contributed by atoms with E-state index < -0.39 is 31.7 Å². The topological polar surface area (TPSA) is 113 Å². The molecule has 1 aliphatic rings. The van der Waals surface area contributed by atoms with Crippen LogP contribution in [0.25, 0.3) is 0 Å². The van der Waals surface area contributed by atoms with E-state index in [-0.39, 0.29) is 35.2 Å². The van der Waals surface area contributed by atoms with Gasteiger partial charge in [-0.2, -0.15) is 0 Å². The van der Waals surface area contributed by atoms with Crippen LogP contribution in [0.5, 0.6) is 5.75 Å². The second-order valence-corrected chi connectivity index (χ2v) is 21.8. The summed E-state index contributed by atoms with van der Waals surface area (Å²) in [6.07, 6.45) is 3.35. The zero-order valence-electron chi connectivity index (χ0n) is 32.8. The minimum absolute atomic E-state index is 0.0559. The molecule has 9 nitrogen and oxygen atoms in total. The second-order valence-electron chi connectivity index (χ2n) is 17.0. The summed E-state index contributed by atoms with van der Waals surface area (Å²) in [5.74, 6) is -0.205. The SMILES string of the molecule is COc1ccc(CO[C@@H](CCO[Si](C)(C)C(C)(C)C)C[C@@H]2OC(C)(C)O[C@@H]2[C@@H](C)C[C@H](O)[C@@H](O)CCCCCCOC(=O)C(C)(C)C)cc1.